The Bertz CT molecular complexity index is 558. The monoisotopic (exact) mass is 257 g/mol. The Morgan fingerprint density at radius 1 is 1.26 bits per heavy atom. The van der Waals surface area contributed by atoms with E-state index < -0.39 is 0 Å². The average molecular weight is 257 g/mol. The summed E-state index contributed by atoms with van der Waals surface area (Å²) >= 11 is 0. The van der Waals surface area contributed by atoms with E-state index >= 15 is 0 Å². The quantitative estimate of drug-likeness (QED) is 0.841. The van der Waals surface area contributed by atoms with Gasteiger partial charge in [0, 0.05) is 39.3 Å². The lowest BCUT2D eigenvalue weighted by Crippen LogP contribution is -2.21. The highest BCUT2D eigenvalue weighted by Crippen LogP contribution is 2.22. The third-order valence-electron chi connectivity index (χ3n) is 3.06. The van der Waals surface area contributed by atoms with Crippen LogP contribution >= 0.6 is 0 Å². The fraction of sp³-hybridized carbons (Fsp3) is 0.333. The lowest BCUT2D eigenvalue weighted by Gasteiger charge is -2.09. The van der Waals surface area contributed by atoms with Gasteiger partial charge < -0.3 is 4.90 Å². The first kappa shape index (κ1) is 13.3. The lowest BCUT2D eigenvalue weighted by molar-refractivity contribution is -0.128. The maximum absolute atomic E-state index is 11.7. The molecule has 0 aliphatic rings. The molecule has 0 atom stereocenters. The molecular formula is C15H19N3O. The zero-order chi connectivity index (χ0) is 13.8. The number of hydrogen-bond acceptors (Lipinski definition) is 2. The van der Waals surface area contributed by atoms with Crippen LogP contribution < -0.4 is 0 Å². The van der Waals surface area contributed by atoms with Crippen LogP contribution in [0, 0.1) is 0 Å². The Morgan fingerprint density at radius 2 is 1.95 bits per heavy atom. The number of carbonyl (C=O) groups is 1. The van der Waals surface area contributed by atoms with Gasteiger partial charge in [-0.05, 0) is 12.0 Å². The van der Waals surface area contributed by atoms with Crippen LogP contribution in [0.15, 0.2) is 36.5 Å². The fourth-order valence-corrected chi connectivity index (χ4v) is 2.02. The molecule has 0 fully saturated rings. The van der Waals surface area contributed by atoms with Crippen molar-refractivity contribution >= 4 is 5.91 Å². The largest absolute Gasteiger partial charge is 0.349 e. The van der Waals surface area contributed by atoms with Gasteiger partial charge in [-0.25, -0.2) is 0 Å². The van der Waals surface area contributed by atoms with E-state index in [0.717, 1.165) is 23.2 Å². The minimum Gasteiger partial charge on any atom is -0.349 e. The molecule has 2 rings (SSSR count). The minimum absolute atomic E-state index is 0.142. The Kier molecular flexibility index (Phi) is 4.00. The van der Waals surface area contributed by atoms with Crippen molar-refractivity contribution in [3.05, 3.63) is 42.1 Å². The Hall–Kier alpha value is -2.10. The second-order valence-electron chi connectivity index (χ2n) is 4.83. The van der Waals surface area contributed by atoms with Crippen LogP contribution in [-0.2, 0) is 18.3 Å². The van der Waals surface area contributed by atoms with E-state index in [1.165, 1.54) is 0 Å². The molecule has 0 unspecified atom stereocenters. The van der Waals surface area contributed by atoms with E-state index in [4.69, 9.17) is 0 Å². The van der Waals surface area contributed by atoms with Crippen molar-refractivity contribution in [2.24, 2.45) is 7.05 Å². The molecule has 0 radical (unpaired) electrons. The van der Waals surface area contributed by atoms with Crippen molar-refractivity contribution in [1.29, 1.82) is 0 Å². The molecule has 100 valence electrons. The molecule has 1 amide bonds. The van der Waals surface area contributed by atoms with E-state index in [2.05, 4.69) is 5.10 Å². The predicted molar refractivity (Wildman–Crippen MR) is 75.7 cm³/mol. The topological polar surface area (TPSA) is 38.1 Å². The molecule has 0 spiro atoms. The van der Waals surface area contributed by atoms with Crippen molar-refractivity contribution in [1.82, 2.24) is 14.7 Å². The van der Waals surface area contributed by atoms with Crippen LogP contribution in [0.5, 0.6) is 0 Å². The summed E-state index contributed by atoms with van der Waals surface area (Å²) in [7, 11) is 5.47. The molecule has 0 saturated carbocycles. The van der Waals surface area contributed by atoms with E-state index in [0.29, 0.717) is 6.42 Å². The summed E-state index contributed by atoms with van der Waals surface area (Å²) in [5.41, 5.74) is 3.17. The first-order valence-electron chi connectivity index (χ1n) is 6.36. The maximum atomic E-state index is 11.7. The predicted octanol–water partition coefficient (Wildman–Crippen LogP) is 2.11. The van der Waals surface area contributed by atoms with Crippen LogP contribution in [0.1, 0.15) is 12.0 Å². The van der Waals surface area contributed by atoms with Gasteiger partial charge >= 0.3 is 0 Å². The van der Waals surface area contributed by atoms with Gasteiger partial charge in [0.05, 0.1) is 5.69 Å². The third-order valence-corrected chi connectivity index (χ3v) is 3.06. The Balaban J connectivity index is 2.20. The first-order valence-corrected chi connectivity index (χ1v) is 6.36. The standard InChI is InChI=1S/C15H19N3O/c1-17(2)14(19)10-9-13-11-18(3)16-15(13)12-7-5-4-6-8-12/h4-8,11H,9-10H2,1-3H3. The maximum Gasteiger partial charge on any atom is 0.222 e. The molecule has 0 saturated heterocycles. The normalized spacial score (nSPS) is 10.5. The van der Waals surface area contributed by atoms with Gasteiger partial charge in [0.2, 0.25) is 5.91 Å². The van der Waals surface area contributed by atoms with Crippen LogP contribution in [0.2, 0.25) is 0 Å². The second kappa shape index (κ2) is 5.69. The smallest absolute Gasteiger partial charge is 0.222 e. The van der Waals surface area contributed by atoms with Crippen LogP contribution in [-0.4, -0.2) is 34.7 Å². The number of amides is 1. The van der Waals surface area contributed by atoms with Crippen molar-refractivity contribution < 1.29 is 4.79 Å². The molecule has 4 nitrogen and oxygen atoms in total. The summed E-state index contributed by atoms with van der Waals surface area (Å²) in [6, 6.07) is 10.1. The summed E-state index contributed by atoms with van der Waals surface area (Å²) in [6.45, 7) is 0. The third kappa shape index (κ3) is 3.22. The Labute approximate surface area is 113 Å². The summed E-state index contributed by atoms with van der Waals surface area (Å²) in [5, 5.41) is 4.50. The van der Waals surface area contributed by atoms with E-state index in [-0.39, 0.29) is 5.91 Å². The number of hydrogen-bond donors (Lipinski definition) is 0. The lowest BCUT2D eigenvalue weighted by atomic mass is 10.0. The zero-order valence-corrected chi connectivity index (χ0v) is 11.6. The van der Waals surface area contributed by atoms with Gasteiger partial charge in [0.25, 0.3) is 0 Å². The molecule has 4 heteroatoms. The Morgan fingerprint density at radius 3 is 2.58 bits per heavy atom. The molecule has 0 N–H and O–H groups in total. The molecule has 1 aromatic carbocycles. The summed E-state index contributed by atoms with van der Waals surface area (Å²) in [4.78, 5) is 13.3. The SMILES string of the molecule is CN(C)C(=O)CCc1cn(C)nc1-c1ccccc1. The van der Waals surface area contributed by atoms with Crippen molar-refractivity contribution in [2.75, 3.05) is 14.1 Å². The zero-order valence-electron chi connectivity index (χ0n) is 11.6. The number of nitrogens with zero attached hydrogens (tertiary/aromatic N) is 3. The molecule has 1 heterocycles. The van der Waals surface area contributed by atoms with Crippen molar-refractivity contribution in [2.45, 2.75) is 12.8 Å². The second-order valence-corrected chi connectivity index (χ2v) is 4.83. The molecule has 0 bridgehead atoms. The van der Waals surface area contributed by atoms with Crippen LogP contribution in [0.4, 0.5) is 0 Å². The molecule has 0 aliphatic heterocycles. The van der Waals surface area contributed by atoms with Gasteiger partial charge in [-0.1, -0.05) is 30.3 Å². The average Bonchev–Trinajstić information content (AvgIpc) is 2.78. The molecule has 2 aromatic rings. The minimum atomic E-state index is 0.142. The summed E-state index contributed by atoms with van der Waals surface area (Å²) < 4.78 is 1.80. The number of aromatic nitrogens is 2. The van der Waals surface area contributed by atoms with E-state index in [1.807, 2.05) is 43.6 Å². The highest BCUT2D eigenvalue weighted by atomic mass is 16.2. The van der Waals surface area contributed by atoms with E-state index in [1.54, 1.807) is 23.7 Å². The first-order chi connectivity index (χ1) is 9.08. The highest BCUT2D eigenvalue weighted by molar-refractivity contribution is 5.76. The van der Waals surface area contributed by atoms with Gasteiger partial charge in [-0.3, -0.25) is 9.48 Å². The molecule has 0 aliphatic carbocycles. The van der Waals surface area contributed by atoms with E-state index in [9.17, 15) is 4.79 Å². The van der Waals surface area contributed by atoms with Gasteiger partial charge in [-0.15, -0.1) is 0 Å². The van der Waals surface area contributed by atoms with Crippen LogP contribution in [0.3, 0.4) is 0 Å². The number of aryl methyl sites for hydroxylation is 2. The van der Waals surface area contributed by atoms with Crippen molar-refractivity contribution in [3.63, 3.8) is 0 Å². The summed E-state index contributed by atoms with van der Waals surface area (Å²) in [6.07, 6.45) is 3.22. The van der Waals surface area contributed by atoms with Gasteiger partial charge in [0.1, 0.15) is 0 Å². The summed E-state index contributed by atoms with van der Waals surface area (Å²) in [5.74, 6) is 0.142. The molecule has 19 heavy (non-hydrogen) atoms. The van der Waals surface area contributed by atoms with Gasteiger partial charge in [-0.2, -0.15) is 5.10 Å². The number of rotatable bonds is 4. The molecular weight excluding hydrogens is 238 g/mol. The molecule has 1 aromatic heterocycles. The van der Waals surface area contributed by atoms with Crippen LogP contribution in [0.25, 0.3) is 11.3 Å². The number of benzene rings is 1. The van der Waals surface area contributed by atoms with Gasteiger partial charge in [0.15, 0.2) is 0 Å². The number of carbonyl (C=O) groups excluding carboxylic acids is 1. The van der Waals surface area contributed by atoms with Crippen molar-refractivity contribution in [3.8, 4) is 11.3 Å². The highest BCUT2D eigenvalue weighted by Gasteiger charge is 2.12. The fourth-order valence-electron chi connectivity index (χ4n) is 2.02.